The molecule has 0 unspecified atom stereocenters. The Labute approximate surface area is 104 Å². The first-order valence-corrected chi connectivity index (χ1v) is 4.89. The molecule has 1 amide bonds. The van der Waals surface area contributed by atoms with Crippen LogP contribution < -0.4 is 10.5 Å². The van der Waals surface area contributed by atoms with E-state index in [0.29, 0.717) is 6.07 Å². The van der Waals surface area contributed by atoms with Crippen LogP contribution >= 0.6 is 0 Å². The third-order valence-electron chi connectivity index (χ3n) is 2.35. The molecule has 0 saturated heterocycles. The highest BCUT2D eigenvalue weighted by Crippen LogP contribution is 2.33. The molecule has 0 bridgehead atoms. The fourth-order valence-corrected chi connectivity index (χ4v) is 1.55. The van der Waals surface area contributed by atoms with Crippen molar-refractivity contribution in [1.29, 1.82) is 0 Å². The number of carbonyl (C=O) groups excluding carboxylic acids is 1. The van der Waals surface area contributed by atoms with E-state index in [2.05, 4.69) is 14.9 Å². The SMILES string of the molecule is COc1c(F)cc(F)c(-c2n[nH]nc2C(N)=O)c1F. The standard InChI is InChI=1S/C10H7F3N4O2/c1-19-9-4(12)2-3(11)5(6(9)13)7-8(10(14)18)16-17-15-7/h2H,1H3,(H2,14,18)(H,15,16,17). The summed E-state index contributed by atoms with van der Waals surface area (Å²) in [6.45, 7) is 0. The van der Waals surface area contributed by atoms with Crippen LogP contribution in [0.3, 0.4) is 0 Å². The zero-order chi connectivity index (χ0) is 14.2. The molecule has 0 aliphatic heterocycles. The maximum Gasteiger partial charge on any atom is 0.271 e. The van der Waals surface area contributed by atoms with Crippen molar-refractivity contribution in [2.75, 3.05) is 7.11 Å². The zero-order valence-corrected chi connectivity index (χ0v) is 9.50. The second-order valence-corrected chi connectivity index (χ2v) is 3.45. The first-order chi connectivity index (χ1) is 8.97. The maximum atomic E-state index is 14.0. The van der Waals surface area contributed by atoms with Crippen molar-refractivity contribution < 1.29 is 22.7 Å². The van der Waals surface area contributed by atoms with E-state index in [-0.39, 0.29) is 0 Å². The normalized spacial score (nSPS) is 10.5. The summed E-state index contributed by atoms with van der Waals surface area (Å²) in [6, 6.07) is 0.413. The fourth-order valence-electron chi connectivity index (χ4n) is 1.55. The minimum atomic E-state index is -1.34. The first-order valence-electron chi connectivity index (χ1n) is 4.89. The third kappa shape index (κ3) is 1.98. The Bertz CT molecular complexity index is 656. The molecule has 0 aliphatic rings. The highest BCUT2D eigenvalue weighted by atomic mass is 19.1. The topological polar surface area (TPSA) is 93.9 Å². The number of nitrogens with two attached hydrogens (primary N) is 1. The number of nitrogens with one attached hydrogen (secondary N) is 1. The van der Waals surface area contributed by atoms with E-state index in [1.807, 2.05) is 5.21 Å². The van der Waals surface area contributed by atoms with Crippen LogP contribution in [0.2, 0.25) is 0 Å². The van der Waals surface area contributed by atoms with Crippen LogP contribution in [0.5, 0.6) is 5.75 Å². The number of H-pyrrole nitrogens is 1. The molecule has 1 aromatic heterocycles. The molecular weight excluding hydrogens is 265 g/mol. The fraction of sp³-hybridized carbons (Fsp3) is 0.100. The number of methoxy groups -OCH3 is 1. The van der Waals surface area contributed by atoms with Gasteiger partial charge >= 0.3 is 0 Å². The van der Waals surface area contributed by atoms with Crippen molar-refractivity contribution in [2.45, 2.75) is 0 Å². The van der Waals surface area contributed by atoms with Crippen LogP contribution in [0.25, 0.3) is 11.3 Å². The van der Waals surface area contributed by atoms with Crippen LogP contribution in [0.1, 0.15) is 10.5 Å². The summed E-state index contributed by atoms with van der Waals surface area (Å²) in [4.78, 5) is 11.0. The van der Waals surface area contributed by atoms with Gasteiger partial charge in [0, 0.05) is 6.07 Å². The minimum Gasteiger partial charge on any atom is -0.491 e. The number of rotatable bonds is 3. The van der Waals surface area contributed by atoms with Gasteiger partial charge in [-0.05, 0) is 0 Å². The summed E-state index contributed by atoms with van der Waals surface area (Å²) >= 11 is 0. The molecule has 0 aliphatic carbocycles. The number of benzene rings is 1. The largest absolute Gasteiger partial charge is 0.491 e. The number of aromatic nitrogens is 3. The molecule has 2 aromatic rings. The van der Waals surface area contributed by atoms with Gasteiger partial charge in [-0.3, -0.25) is 4.79 Å². The number of aromatic amines is 1. The molecule has 0 atom stereocenters. The quantitative estimate of drug-likeness (QED) is 0.871. The van der Waals surface area contributed by atoms with Gasteiger partial charge in [-0.1, -0.05) is 0 Å². The molecule has 0 radical (unpaired) electrons. The Morgan fingerprint density at radius 3 is 2.58 bits per heavy atom. The average Bonchev–Trinajstić information content (AvgIpc) is 2.78. The first kappa shape index (κ1) is 12.9. The van der Waals surface area contributed by atoms with Crippen molar-refractivity contribution in [3.8, 4) is 17.0 Å². The number of carbonyl (C=O) groups is 1. The van der Waals surface area contributed by atoms with E-state index >= 15 is 0 Å². The molecule has 0 saturated carbocycles. The van der Waals surface area contributed by atoms with Gasteiger partial charge in [0.25, 0.3) is 5.91 Å². The Kier molecular flexibility index (Phi) is 3.11. The molecule has 6 nitrogen and oxygen atoms in total. The third-order valence-corrected chi connectivity index (χ3v) is 2.35. The van der Waals surface area contributed by atoms with Gasteiger partial charge in [-0.25, -0.2) is 13.2 Å². The molecule has 100 valence electrons. The van der Waals surface area contributed by atoms with Gasteiger partial charge in [0.15, 0.2) is 23.1 Å². The number of primary amides is 1. The van der Waals surface area contributed by atoms with Crippen LogP contribution in [-0.2, 0) is 0 Å². The van der Waals surface area contributed by atoms with Crippen molar-refractivity contribution in [3.05, 3.63) is 29.2 Å². The molecular formula is C10H7F3N4O2. The summed E-state index contributed by atoms with van der Waals surface area (Å²) in [5.41, 5.74) is 3.31. The van der Waals surface area contributed by atoms with Crippen molar-refractivity contribution >= 4 is 5.91 Å². The number of hydrogen-bond acceptors (Lipinski definition) is 4. The smallest absolute Gasteiger partial charge is 0.271 e. The van der Waals surface area contributed by atoms with E-state index in [1.54, 1.807) is 0 Å². The van der Waals surface area contributed by atoms with Crippen LogP contribution in [0.15, 0.2) is 6.07 Å². The number of halogens is 3. The van der Waals surface area contributed by atoms with Gasteiger partial charge in [-0.2, -0.15) is 15.4 Å². The van der Waals surface area contributed by atoms with Crippen LogP contribution in [0.4, 0.5) is 13.2 Å². The summed E-state index contributed by atoms with van der Waals surface area (Å²) in [5.74, 6) is -5.64. The van der Waals surface area contributed by atoms with Crippen molar-refractivity contribution in [3.63, 3.8) is 0 Å². The molecule has 1 aromatic carbocycles. The van der Waals surface area contributed by atoms with Gasteiger partial charge < -0.3 is 10.5 Å². The van der Waals surface area contributed by atoms with E-state index in [0.717, 1.165) is 7.11 Å². The van der Waals surface area contributed by atoms with E-state index in [4.69, 9.17) is 5.73 Å². The molecule has 0 spiro atoms. The van der Waals surface area contributed by atoms with Crippen molar-refractivity contribution in [2.24, 2.45) is 5.73 Å². The number of amides is 1. The average molecular weight is 272 g/mol. The number of ether oxygens (including phenoxy) is 1. The number of hydrogen-bond donors (Lipinski definition) is 2. The van der Waals surface area contributed by atoms with E-state index in [9.17, 15) is 18.0 Å². The van der Waals surface area contributed by atoms with Crippen molar-refractivity contribution in [1.82, 2.24) is 15.4 Å². The summed E-state index contributed by atoms with van der Waals surface area (Å²) in [6.07, 6.45) is 0. The monoisotopic (exact) mass is 272 g/mol. The molecule has 9 heteroatoms. The summed E-state index contributed by atoms with van der Waals surface area (Å²) < 4.78 is 45.4. The molecule has 2 rings (SSSR count). The predicted molar refractivity (Wildman–Crippen MR) is 56.8 cm³/mol. The lowest BCUT2D eigenvalue weighted by molar-refractivity contribution is 0.0996. The van der Waals surface area contributed by atoms with Gasteiger partial charge in [-0.15, -0.1) is 0 Å². The molecule has 0 fully saturated rings. The van der Waals surface area contributed by atoms with E-state index < -0.39 is 46.1 Å². The molecule has 19 heavy (non-hydrogen) atoms. The molecule has 1 heterocycles. The molecule has 3 N–H and O–H groups in total. The highest BCUT2D eigenvalue weighted by molar-refractivity contribution is 5.96. The maximum absolute atomic E-state index is 14.0. The number of nitrogens with zero attached hydrogens (tertiary/aromatic N) is 2. The second kappa shape index (κ2) is 4.59. The minimum absolute atomic E-state index is 0.413. The van der Waals surface area contributed by atoms with Gasteiger partial charge in [0.2, 0.25) is 0 Å². The second-order valence-electron chi connectivity index (χ2n) is 3.45. The Morgan fingerprint density at radius 2 is 2.00 bits per heavy atom. The zero-order valence-electron chi connectivity index (χ0n) is 9.50. The van der Waals surface area contributed by atoms with Crippen LogP contribution in [-0.4, -0.2) is 28.4 Å². The lowest BCUT2D eigenvalue weighted by Gasteiger charge is -2.08. The lowest BCUT2D eigenvalue weighted by Crippen LogP contribution is -2.13. The summed E-state index contributed by atoms with van der Waals surface area (Å²) in [5, 5.41) is 8.83. The Hall–Kier alpha value is -2.58. The van der Waals surface area contributed by atoms with Gasteiger partial charge in [0.1, 0.15) is 11.5 Å². The van der Waals surface area contributed by atoms with Crippen LogP contribution in [0, 0.1) is 17.5 Å². The summed E-state index contributed by atoms with van der Waals surface area (Å²) in [7, 11) is 1.01. The van der Waals surface area contributed by atoms with E-state index in [1.165, 1.54) is 0 Å². The Morgan fingerprint density at radius 1 is 1.32 bits per heavy atom. The Balaban J connectivity index is 2.75. The van der Waals surface area contributed by atoms with Gasteiger partial charge in [0.05, 0.1) is 12.7 Å². The predicted octanol–water partition coefficient (Wildman–Crippen LogP) is 0.997. The highest BCUT2D eigenvalue weighted by Gasteiger charge is 2.26. The lowest BCUT2D eigenvalue weighted by atomic mass is 10.1.